The number of hydrogen-bond acceptors (Lipinski definition) is 6. The Balaban J connectivity index is 1.52. The van der Waals surface area contributed by atoms with Crippen molar-refractivity contribution < 1.29 is 17.7 Å². The molecule has 0 spiro atoms. The average molecular weight is 581 g/mol. The first-order chi connectivity index (χ1) is 19.2. The average Bonchev–Trinajstić information content (AvgIpc) is 3.30. The van der Waals surface area contributed by atoms with E-state index in [1.807, 2.05) is 24.3 Å². The summed E-state index contributed by atoms with van der Waals surface area (Å²) in [4.78, 5) is 13.8. The molecular formula is C30H32F3N6OP. The molecule has 1 aliphatic heterocycles. The van der Waals surface area contributed by atoms with Gasteiger partial charge in [0.1, 0.15) is 12.7 Å². The monoisotopic (exact) mass is 580 g/mol. The van der Waals surface area contributed by atoms with Crippen molar-refractivity contribution >= 4 is 29.3 Å². The lowest BCUT2D eigenvalue weighted by molar-refractivity contribution is -0.137. The van der Waals surface area contributed by atoms with E-state index < -0.39 is 18.9 Å². The van der Waals surface area contributed by atoms with Crippen LogP contribution in [0.15, 0.2) is 54.9 Å². The molecule has 7 nitrogen and oxygen atoms in total. The Kier molecular flexibility index (Phi) is 7.47. The van der Waals surface area contributed by atoms with Gasteiger partial charge in [-0.15, -0.1) is 0 Å². The maximum atomic E-state index is 14.2. The molecule has 1 saturated heterocycles. The van der Waals surface area contributed by atoms with Crippen LogP contribution in [-0.4, -0.2) is 52.3 Å². The summed E-state index contributed by atoms with van der Waals surface area (Å²) >= 11 is 0. The van der Waals surface area contributed by atoms with Crippen LogP contribution in [-0.2, 0) is 17.3 Å². The number of halogens is 3. The Labute approximate surface area is 237 Å². The molecule has 1 atom stereocenters. The number of aromatic amines is 1. The van der Waals surface area contributed by atoms with Gasteiger partial charge in [-0.2, -0.15) is 18.4 Å². The van der Waals surface area contributed by atoms with E-state index in [4.69, 9.17) is 0 Å². The van der Waals surface area contributed by atoms with E-state index in [1.165, 1.54) is 31.2 Å². The van der Waals surface area contributed by atoms with Gasteiger partial charge < -0.3 is 14.9 Å². The van der Waals surface area contributed by atoms with Gasteiger partial charge in [0, 0.05) is 49.0 Å². The Bertz CT molecular complexity index is 1670. The first kappa shape index (κ1) is 28.8. The van der Waals surface area contributed by atoms with Crippen molar-refractivity contribution in [1.29, 1.82) is 5.26 Å². The maximum absolute atomic E-state index is 14.2. The molecular weight excluding hydrogens is 548 g/mol. The largest absolute Gasteiger partial charge is 0.419 e. The number of alkyl halides is 3. The summed E-state index contributed by atoms with van der Waals surface area (Å²) in [5.74, 6) is 0.107. The van der Waals surface area contributed by atoms with E-state index >= 15 is 0 Å². The van der Waals surface area contributed by atoms with Crippen LogP contribution in [0.25, 0.3) is 22.2 Å². The molecule has 0 bridgehead atoms. The van der Waals surface area contributed by atoms with Crippen LogP contribution in [0.1, 0.15) is 37.0 Å². The normalized spacial score (nSPS) is 17.9. The molecule has 2 aromatic carbocycles. The molecule has 2 aromatic heterocycles. The minimum absolute atomic E-state index is 0.0284. The van der Waals surface area contributed by atoms with Gasteiger partial charge in [0.2, 0.25) is 5.95 Å². The third kappa shape index (κ3) is 6.17. The third-order valence-electron chi connectivity index (χ3n) is 7.35. The number of piperidine rings is 1. The highest BCUT2D eigenvalue weighted by Gasteiger charge is 2.37. The number of fused-ring (bicyclic) bond motifs is 1. The van der Waals surface area contributed by atoms with Crippen LogP contribution in [0.4, 0.5) is 19.1 Å². The highest BCUT2D eigenvalue weighted by molar-refractivity contribution is 7.70. The fraction of sp³-hybridized carbons (Fsp3) is 0.367. The minimum atomic E-state index is -4.70. The molecule has 3 heterocycles. The molecule has 1 unspecified atom stereocenters. The van der Waals surface area contributed by atoms with Gasteiger partial charge in [-0.25, -0.2) is 9.97 Å². The lowest BCUT2D eigenvalue weighted by Crippen LogP contribution is -2.49. The molecule has 1 aliphatic rings. The zero-order valence-electron chi connectivity index (χ0n) is 23.4. The van der Waals surface area contributed by atoms with Crippen molar-refractivity contribution in [2.75, 3.05) is 31.7 Å². The quantitative estimate of drug-likeness (QED) is 0.254. The van der Waals surface area contributed by atoms with Crippen molar-refractivity contribution in [1.82, 2.24) is 19.9 Å². The number of hydrogen-bond donors (Lipinski definition) is 2. The van der Waals surface area contributed by atoms with Gasteiger partial charge in [0.15, 0.2) is 0 Å². The highest BCUT2D eigenvalue weighted by atomic mass is 31.2. The lowest BCUT2D eigenvalue weighted by atomic mass is 9.81. The van der Waals surface area contributed by atoms with Crippen LogP contribution in [0.3, 0.4) is 0 Å². The van der Waals surface area contributed by atoms with Crippen molar-refractivity contribution in [3.05, 3.63) is 71.5 Å². The summed E-state index contributed by atoms with van der Waals surface area (Å²) in [5.41, 5.74) is 0.709. The third-order valence-corrected chi connectivity index (χ3v) is 8.89. The molecule has 1 fully saturated rings. The number of likely N-dealkylation sites (tertiary alicyclic amines) is 1. The van der Waals surface area contributed by atoms with Gasteiger partial charge in [0.25, 0.3) is 0 Å². The number of nitriles is 1. The number of nitrogens with zero attached hydrogens (tertiary/aromatic N) is 4. The number of benzene rings is 2. The SMILES string of the molecule is CC1(C)CC(Nc2ncc(C(F)(F)F)c(-c3c[nH]c4c(P(C)(C)=O)c(C#N)ccc34)n2)CN(Cc2ccccc2)C1. The van der Waals surface area contributed by atoms with Gasteiger partial charge in [-0.3, -0.25) is 4.90 Å². The van der Waals surface area contributed by atoms with Gasteiger partial charge in [0.05, 0.1) is 28.1 Å². The van der Waals surface area contributed by atoms with E-state index in [9.17, 15) is 23.0 Å². The summed E-state index contributed by atoms with van der Waals surface area (Å²) in [5, 5.41) is 13.6. The number of anilines is 1. The second-order valence-corrected chi connectivity index (χ2v) is 15.0. The van der Waals surface area contributed by atoms with Gasteiger partial charge >= 0.3 is 6.18 Å². The molecule has 41 heavy (non-hydrogen) atoms. The zero-order chi connectivity index (χ0) is 29.6. The molecule has 2 N–H and O–H groups in total. The van der Waals surface area contributed by atoms with Crippen molar-refractivity contribution in [2.24, 2.45) is 5.41 Å². The Morgan fingerprint density at radius 3 is 2.59 bits per heavy atom. The second kappa shape index (κ2) is 10.6. The Hall–Kier alpha value is -3.67. The van der Waals surface area contributed by atoms with E-state index in [-0.39, 0.29) is 34.2 Å². The summed E-state index contributed by atoms with van der Waals surface area (Å²) in [7, 11) is -2.94. The van der Waals surface area contributed by atoms with Crippen molar-refractivity contribution in [3.63, 3.8) is 0 Å². The summed E-state index contributed by atoms with van der Waals surface area (Å²) < 4.78 is 55.6. The van der Waals surface area contributed by atoms with E-state index in [0.29, 0.717) is 22.8 Å². The zero-order valence-corrected chi connectivity index (χ0v) is 24.3. The Morgan fingerprint density at radius 2 is 1.93 bits per heavy atom. The van der Waals surface area contributed by atoms with E-state index in [0.717, 1.165) is 25.7 Å². The molecule has 0 saturated carbocycles. The smallest absolute Gasteiger partial charge is 0.360 e. The van der Waals surface area contributed by atoms with Gasteiger partial charge in [-0.1, -0.05) is 50.2 Å². The lowest BCUT2D eigenvalue weighted by Gasteiger charge is -2.42. The predicted octanol–water partition coefficient (Wildman–Crippen LogP) is 6.48. The number of nitrogens with one attached hydrogen (secondary N) is 2. The van der Waals surface area contributed by atoms with Crippen LogP contribution in [0.2, 0.25) is 0 Å². The van der Waals surface area contributed by atoms with Crippen molar-refractivity contribution in [2.45, 2.75) is 39.0 Å². The van der Waals surface area contributed by atoms with Crippen LogP contribution in [0.5, 0.6) is 0 Å². The summed E-state index contributed by atoms with van der Waals surface area (Å²) in [6, 6.07) is 15.2. The predicted molar refractivity (Wildman–Crippen MR) is 156 cm³/mol. The molecule has 214 valence electrons. The molecule has 5 rings (SSSR count). The van der Waals surface area contributed by atoms with Crippen LogP contribution >= 0.6 is 7.14 Å². The van der Waals surface area contributed by atoms with E-state index in [2.05, 4.69) is 51.1 Å². The topological polar surface area (TPSA) is 97.7 Å². The molecule has 4 aromatic rings. The Morgan fingerprint density at radius 1 is 1.20 bits per heavy atom. The minimum Gasteiger partial charge on any atom is -0.360 e. The fourth-order valence-electron chi connectivity index (χ4n) is 5.91. The number of rotatable bonds is 6. The summed E-state index contributed by atoms with van der Waals surface area (Å²) in [6.45, 7) is 9.76. The molecule has 11 heteroatoms. The van der Waals surface area contributed by atoms with Crippen LogP contribution in [0, 0.1) is 16.7 Å². The van der Waals surface area contributed by atoms with Crippen LogP contribution < -0.4 is 10.6 Å². The van der Waals surface area contributed by atoms with Crippen molar-refractivity contribution in [3.8, 4) is 17.3 Å². The molecule has 0 amide bonds. The van der Waals surface area contributed by atoms with Gasteiger partial charge in [-0.05, 0) is 36.8 Å². The molecule has 0 radical (unpaired) electrons. The number of aromatic nitrogens is 3. The van der Waals surface area contributed by atoms with E-state index in [1.54, 1.807) is 6.07 Å². The highest BCUT2D eigenvalue weighted by Crippen LogP contribution is 2.43. The molecule has 0 aliphatic carbocycles. The fourth-order valence-corrected chi connectivity index (χ4v) is 7.34. The second-order valence-electron chi connectivity index (χ2n) is 11.9. The first-order valence-electron chi connectivity index (χ1n) is 13.3. The summed E-state index contributed by atoms with van der Waals surface area (Å²) in [6.07, 6.45) is -1.66. The maximum Gasteiger partial charge on any atom is 0.419 e. The number of H-pyrrole nitrogens is 1. The first-order valence-corrected chi connectivity index (χ1v) is 15.9. The standard InChI is InChI=1S/C30H32F3N6OP/c1-29(2)12-21(17-39(18-29)16-19-8-6-5-7-9-19)37-28-36-15-24(30(31,32)33)25(38-28)23-14-35-26-22(23)11-10-20(13-34)27(26)41(3,4)40/h5-11,14-15,21,35H,12,16-18H2,1-4H3,(H,36,37,38).